The van der Waals surface area contributed by atoms with Crippen molar-refractivity contribution in [2.75, 3.05) is 0 Å². The zero-order valence-corrected chi connectivity index (χ0v) is 12.1. The molecule has 2 aromatic rings. The number of rotatable bonds is 3. The van der Waals surface area contributed by atoms with E-state index in [1.807, 2.05) is 31.2 Å². The highest BCUT2D eigenvalue weighted by atomic mass is 16.1. The van der Waals surface area contributed by atoms with Crippen molar-refractivity contribution in [3.8, 4) is 0 Å². The molecule has 1 nitrogen and oxygen atoms in total. The number of ketones is 1. The lowest BCUT2D eigenvalue weighted by Gasteiger charge is -2.26. The summed E-state index contributed by atoms with van der Waals surface area (Å²) in [6.07, 6.45) is 3.85. The molecule has 1 fully saturated rings. The van der Waals surface area contributed by atoms with Crippen molar-refractivity contribution in [3.05, 3.63) is 70.3 Å². The predicted octanol–water partition coefficient (Wildman–Crippen LogP) is 4.80. The van der Waals surface area contributed by atoms with E-state index in [9.17, 15) is 4.79 Å². The van der Waals surface area contributed by atoms with Crippen LogP contribution in [0.15, 0.2) is 42.5 Å². The number of hydrogen-bond donors (Lipinski definition) is 0. The molecule has 0 unspecified atom stereocenters. The normalized spacial score (nSPS) is 14.9. The zero-order valence-electron chi connectivity index (χ0n) is 12.1. The van der Waals surface area contributed by atoms with Gasteiger partial charge in [0, 0.05) is 11.1 Å². The fourth-order valence-electron chi connectivity index (χ4n) is 2.83. The lowest BCUT2D eigenvalue weighted by molar-refractivity contribution is 0.103. The average Bonchev–Trinajstić information content (AvgIpc) is 2.40. The van der Waals surface area contributed by atoms with E-state index in [0.29, 0.717) is 5.92 Å². The second kappa shape index (κ2) is 5.24. The minimum Gasteiger partial charge on any atom is -0.289 e. The molecule has 0 spiro atoms. The van der Waals surface area contributed by atoms with Crippen LogP contribution in [-0.2, 0) is 0 Å². The van der Waals surface area contributed by atoms with E-state index in [1.165, 1.54) is 30.4 Å². The lowest BCUT2D eigenvalue weighted by Crippen LogP contribution is -2.10. The standard InChI is InChI=1S/C19H20O/c1-13-6-3-11-18(14(13)2)19(20)17-10-5-9-16(12-17)15-7-4-8-15/h3,5-6,9-12,15H,4,7-8H2,1-2H3. The molecule has 0 N–H and O–H groups in total. The first-order valence-corrected chi connectivity index (χ1v) is 7.37. The van der Waals surface area contributed by atoms with Gasteiger partial charge in [-0.3, -0.25) is 4.79 Å². The Morgan fingerprint density at radius 1 is 1.05 bits per heavy atom. The average molecular weight is 264 g/mol. The third-order valence-electron chi connectivity index (χ3n) is 4.57. The van der Waals surface area contributed by atoms with Gasteiger partial charge in [0.25, 0.3) is 0 Å². The van der Waals surface area contributed by atoms with E-state index < -0.39 is 0 Å². The van der Waals surface area contributed by atoms with Crippen molar-refractivity contribution in [1.29, 1.82) is 0 Å². The summed E-state index contributed by atoms with van der Waals surface area (Å²) in [5, 5.41) is 0. The van der Waals surface area contributed by atoms with E-state index in [0.717, 1.165) is 16.7 Å². The highest BCUT2D eigenvalue weighted by Crippen LogP contribution is 2.36. The molecule has 2 aromatic carbocycles. The van der Waals surface area contributed by atoms with Gasteiger partial charge in [-0.1, -0.05) is 42.8 Å². The molecule has 1 aliphatic carbocycles. The van der Waals surface area contributed by atoms with Crippen molar-refractivity contribution in [2.45, 2.75) is 39.0 Å². The first-order chi connectivity index (χ1) is 9.66. The van der Waals surface area contributed by atoms with Crippen LogP contribution in [0.4, 0.5) is 0 Å². The largest absolute Gasteiger partial charge is 0.289 e. The topological polar surface area (TPSA) is 17.1 Å². The molecule has 0 bridgehead atoms. The number of benzene rings is 2. The Kier molecular flexibility index (Phi) is 3.43. The Labute approximate surface area is 120 Å². The Hall–Kier alpha value is -1.89. The van der Waals surface area contributed by atoms with E-state index in [-0.39, 0.29) is 5.78 Å². The summed E-state index contributed by atoms with van der Waals surface area (Å²) in [6, 6.07) is 14.2. The van der Waals surface area contributed by atoms with Gasteiger partial charge in [0.2, 0.25) is 0 Å². The number of carbonyl (C=O) groups is 1. The first-order valence-electron chi connectivity index (χ1n) is 7.37. The Balaban J connectivity index is 1.95. The summed E-state index contributed by atoms with van der Waals surface area (Å²) in [4.78, 5) is 12.7. The van der Waals surface area contributed by atoms with Gasteiger partial charge in [-0.25, -0.2) is 0 Å². The van der Waals surface area contributed by atoms with Gasteiger partial charge in [0.1, 0.15) is 0 Å². The van der Waals surface area contributed by atoms with Crippen molar-refractivity contribution >= 4 is 5.78 Å². The summed E-state index contributed by atoms with van der Waals surface area (Å²) in [5.41, 5.74) is 5.24. The van der Waals surface area contributed by atoms with Gasteiger partial charge in [0.15, 0.2) is 5.78 Å². The second-order valence-electron chi connectivity index (χ2n) is 5.83. The van der Waals surface area contributed by atoms with Crippen LogP contribution in [0, 0.1) is 13.8 Å². The molecule has 0 saturated heterocycles. The Bertz CT molecular complexity index is 651. The fourth-order valence-corrected chi connectivity index (χ4v) is 2.83. The maximum absolute atomic E-state index is 12.7. The highest BCUT2D eigenvalue weighted by Gasteiger charge is 2.21. The van der Waals surface area contributed by atoms with Crippen LogP contribution in [0.3, 0.4) is 0 Å². The third kappa shape index (κ3) is 2.29. The zero-order chi connectivity index (χ0) is 14.1. The lowest BCUT2D eigenvalue weighted by atomic mass is 9.79. The number of aryl methyl sites for hydroxylation is 1. The molecular formula is C19H20O. The van der Waals surface area contributed by atoms with Gasteiger partial charge in [-0.15, -0.1) is 0 Å². The molecule has 0 atom stereocenters. The molecule has 1 saturated carbocycles. The Morgan fingerprint density at radius 2 is 1.80 bits per heavy atom. The molecule has 0 heterocycles. The van der Waals surface area contributed by atoms with Crippen LogP contribution < -0.4 is 0 Å². The van der Waals surface area contributed by atoms with Crippen LogP contribution in [0.5, 0.6) is 0 Å². The van der Waals surface area contributed by atoms with Crippen molar-refractivity contribution in [3.63, 3.8) is 0 Å². The first kappa shape index (κ1) is 13.1. The smallest absolute Gasteiger partial charge is 0.193 e. The highest BCUT2D eigenvalue weighted by molar-refractivity contribution is 6.10. The number of hydrogen-bond acceptors (Lipinski definition) is 1. The van der Waals surface area contributed by atoms with Crippen LogP contribution in [0.1, 0.15) is 57.8 Å². The van der Waals surface area contributed by atoms with Crippen molar-refractivity contribution in [2.24, 2.45) is 0 Å². The molecule has 0 radical (unpaired) electrons. The fraction of sp³-hybridized carbons (Fsp3) is 0.316. The van der Waals surface area contributed by atoms with Crippen LogP contribution >= 0.6 is 0 Å². The molecule has 0 amide bonds. The van der Waals surface area contributed by atoms with Crippen LogP contribution in [0.25, 0.3) is 0 Å². The van der Waals surface area contributed by atoms with Crippen LogP contribution in [-0.4, -0.2) is 5.78 Å². The molecular weight excluding hydrogens is 244 g/mol. The van der Waals surface area contributed by atoms with E-state index in [1.54, 1.807) is 0 Å². The summed E-state index contributed by atoms with van der Waals surface area (Å²) in [7, 11) is 0. The monoisotopic (exact) mass is 264 g/mol. The predicted molar refractivity (Wildman–Crippen MR) is 82.4 cm³/mol. The molecule has 20 heavy (non-hydrogen) atoms. The maximum atomic E-state index is 12.7. The SMILES string of the molecule is Cc1cccc(C(=O)c2cccc(C3CCC3)c2)c1C. The van der Waals surface area contributed by atoms with Crippen molar-refractivity contribution < 1.29 is 4.79 Å². The summed E-state index contributed by atoms with van der Waals surface area (Å²) in [5.74, 6) is 0.814. The molecule has 0 aromatic heterocycles. The maximum Gasteiger partial charge on any atom is 0.193 e. The van der Waals surface area contributed by atoms with Crippen molar-refractivity contribution in [1.82, 2.24) is 0 Å². The van der Waals surface area contributed by atoms with E-state index in [4.69, 9.17) is 0 Å². The minimum absolute atomic E-state index is 0.146. The third-order valence-corrected chi connectivity index (χ3v) is 4.57. The van der Waals surface area contributed by atoms with Crippen LogP contribution in [0.2, 0.25) is 0 Å². The summed E-state index contributed by atoms with van der Waals surface area (Å²) < 4.78 is 0. The van der Waals surface area contributed by atoms with E-state index >= 15 is 0 Å². The number of carbonyl (C=O) groups excluding carboxylic acids is 1. The molecule has 1 aliphatic rings. The van der Waals surface area contributed by atoms with Gasteiger partial charge in [0.05, 0.1) is 0 Å². The summed E-state index contributed by atoms with van der Waals surface area (Å²) in [6.45, 7) is 4.08. The Morgan fingerprint density at radius 3 is 2.50 bits per heavy atom. The van der Waals surface area contributed by atoms with Gasteiger partial charge < -0.3 is 0 Å². The minimum atomic E-state index is 0.146. The molecule has 1 heteroatoms. The van der Waals surface area contributed by atoms with Gasteiger partial charge in [-0.2, -0.15) is 0 Å². The molecule has 3 rings (SSSR count). The van der Waals surface area contributed by atoms with Gasteiger partial charge >= 0.3 is 0 Å². The molecule has 0 aliphatic heterocycles. The molecule has 102 valence electrons. The second-order valence-corrected chi connectivity index (χ2v) is 5.83. The van der Waals surface area contributed by atoms with Gasteiger partial charge in [-0.05, 0) is 55.4 Å². The summed E-state index contributed by atoms with van der Waals surface area (Å²) >= 11 is 0. The van der Waals surface area contributed by atoms with E-state index in [2.05, 4.69) is 25.1 Å². The quantitative estimate of drug-likeness (QED) is 0.728.